The van der Waals surface area contributed by atoms with Crippen molar-refractivity contribution in [3.63, 3.8) is 0 Å². The first-order valence-corrected chi connectivity index (χ1v) is 10.4. The maximum atomic E-state index is 12.9. The Hall–Kier alpha value is -1.66. The van der Waals surface area contributed by atoms with E-state index in [2.05, 4.69) is 15.6 Å². The smallest absolute Gasteiger partial charge is 0.239 e. The fraction of sp³-hybridized carbons (Fsp3) is 0.650. The Kier molecular flexibility index (Phi) is 5.64. The summed E-state index contributed by atoms with van der Waals surface area (Å²) in [5.41, 5.74) is 0. The minimum absolute atomic E-state index is 0.0260. The molecule has 0 radical (unpaired) electrons. The number of hydrogen-bond acceptors (Lipinski definition) is 4. The van der Waals surface area contributed by atoms with E-state index in [9.17, 15) is 9.59 Å². The highest BCUT2D eigenvalue weighted by molar-refractivity contribution is 6.30. The molecule has 0 aromatic carbocycles. The van der Waals surface area contributed by atoms with E-state index in [0.29, 0.717) is 48.7 Å². The van der Waals surface area contributed by atoms with E-state index in [1.807, 2.05) is 4.90 Å². The minimum atomic E-state index is -0.0781. The Balaban J connectivity index is 1.26. The van der Waals surface area contributed by atoms with E-state index in [4.69, 9.17) is 11.6 Å². The summed E-state index contributed by atoms with van der Waals surface area (Å²) in [5, 5.41) is 6.96. The van der Waals surface area contributed by atoms with Crippen LogP contribution in [0.15, 0.2) is 18.3 Å². The maximum Gasteiger partial charge on any atom is 0.239 e. The lowest BCUT2D eigenvalue weighted by Gasteiger charge is -2.33. The number of fused-ring (bicyclic) bond motifs is 1. The number of nitrogens with zero attached hydrogens (tertiary/aromatic N) is 2. The first-order chi connectivity index (χ1) is 13.1. The number of nitrogens with one attached hydrogen (secondary N) is 2. The van der Waals surface area contributed by atoms with E-state index in [1.54, 1.807) is 12.1 Å². The van der Waals surface area contributed by atoms with Gasteiger partial charge in [0.05, 0.1) is 11.1 Å². The van der Waals surface area contributed by atoms with Gasteiger partial charge in [-0.05, 0) is 50.2 Å². The molecular weight excluding hydrogens is 364 g/mol. The Labute approximate surface area is 165 Å². The van der Waals surface area contributed by atoms with Gasteiger partial charge in [0.25, 0.3) is 0 Å². The predicted octanol–water partition coefficient (Wildman–Crippen LogP) is 2.83. The normalized spacial score (nSPS) is 28.6. The standard InChI is InChI=1S/C20H27ClN4O2/c21-15-5-6-18(22-12-15)24-19(26)13-7-9-25(10-8-13)20(27)17-11-14-3-1-2-4-16(14)23-17/h5-6,12-14,16-17,23H,1-4,7-11H2,(H,22,24,26). The zero-order valence-electron chi connectivity index (χ0n) is 15.5. The molecule has 2 amide bonds. The Morgan fingerprint density at radius 3 is 2.63 bits per heavy atom. The molecule has 0 bridgehead atoms. The highest BCUT2D eigenvalue weighted by Gasteiger charge is 2.40. The number of carbonyl (C=O) groups is 2. The third-order valence-corrected chi connectivity index (χ3v) is 6.54. The maximum absolute atomic E-state index is 12.9. The molecule has 6 nitrogen and oxygen atoms in total. The van der Waals surface area contributed by atoms with Gasteiger partial charge < -0.3 is 15.5 Å². The molecule has 1 aliphatic carbocycles. The number of aromatic nitrogens is 1. The highest BCUT2D eigenvalue weighted by atomic mass is 35.5. The van der Waals surface area contributed by atoms with Crippen molar-refractivity contribution in [2.24, 2.45) is 11.8 Å². The van der Waals surface area contributed by atoms with Crippen LogP contribution >= 0.6 is 11.6 Å². The van der Waals surface area contributed by atoms with Crippen LogP contribution in [0, 0.1) is 11.8 Å². The van der Waals surface area contributed by atoms with Crippen molar-refractivity contribution < 1.29 is 9.59 Å². The van der Waals surface area contributed by atoms with E-state index < -0.39 is 0 Å². The van der Waals surface area contributed by atoms with Crippen LogP contribution in [0.5, 0.6) is 0 Å². The lowest BCUT2D eigenvalue weighted by atomic mass is 9.85. The molecule has 4 rings (SSSR count). The van der Waals surface area contributed by atoms with Crippen LogP contribution in [0.1, 0.15) is 44.9 Å². The molecule has 0 spiro atoms. The van der Waals surface area contributed by atoms with Crippen LogP contribution in [-0.2, 0) is 9.59 Å². The molecule has 2 N–H and O–H groups in total. The average Bonchev–Trinajstić information content (AvgIpc) is 3.13. The van der Waals surface area contributed by atoms with Gasteiger partial charge in [0.1, 0.15) is 5.82 Å². The van der Waals surface area contributed by atoms with E-state index >= 15 is 0 Å². The summed E-state index contributed by atoms with van der Waals surface area (Å²) in [7, 11) is 0. The molecule has 3 unspecified atom stereocenters. The van der Waals surface area contributed by atoms with Gasteiger partial charge in [-0.1, -0.05) is 24.4 Å². The largest absolute Gasteiger partial charge is 0.341 e. The highest BCUT2D eigenvalue weighted by Crippen LogP contribution is 2.34. The van der Waals surface area contributed by atoms with Gasteiger partial charge in [0, 0.05) is 31.2 Å². The van der Waals surface area contributed by atoms with Crippen molar-refractivity contribution in [2.75, 3.05) is 18.4 Å². The second kappa shape index (κ2) is 8.15. The van der Waals surface area contributed by atoms with Crippen molar-refractivity contribution in [3.8, 4) is 0 Å². The zero-order chi connectivity index (χ0) is 18.8. The van der Waals surface area contributed by atoms with Crippen LogP contribution in [0.2, 0.25) is 5.02 Å². The quantitative estimate of drug-likeness (QED) is 0.832. The lowest BCUT2D eigenvalue weighted by molar-refractivity contribution is -0.136. The van der Waals surface area contributed by atoms with Crippen LogP contribution in [0.3, 0.4) is 0 Å². The zero-order valence-corrected chi connectivity index (χ0v) is 16.3. The summed E-state index contributed by atoms with van der Waals surface area (Å²) in [4.78, 5) is 31.4. The van der Waals surface area contributed by atoms with E-state index in [0.717, 1.165) is 6.42 Å². The number of carbonyl (C=O) groups excluding carboxylic acids is 2. The summed E-state index contributed by atoms with van der Waals surface area (Å²) in [6.07, 6.45) is 8.93. The summed E-state index contributed by atoms with van der Waals surface area (Å²) in [5.74, 6) is 1.30. The van der Waals surface area contributed by atoms with E-state index in [1.165, 1.54) is 31.9 Å². The molecule has 3 fully saturated rings. The van der Waals surface area contributed by atoms with Crippen molar-refractivity contribution in [3.05, 3.63) is 23.4 Å². The molecule has 2 saturated heterocycles. The number of piperidine rings is 1. The fourth-order valence-electron chi connectivity index (χ4n) is 4.77. The van der Waals surface area contributed by atoms with Gasteiger partial charge in [-0.3, -0.25) is 9.59 Å². The van der Waals surface area contributed by atoms with Gasteiger partial charge in [-0.25, -0.2) is 4.98 Å². The third kappa shape index (κ3) is 4.27. The third-order valence-electron chi connectivity index (χ3n) is 6.32. The number of pyridine rings is 1. The van der Waals surface area contributed by atoms with Crippen LogP contribution in [0.25, 0.3) is 0 Å². The lowest BCUT2D eigenvalue weighted by Crippen LogP contribution is -2.49. The van der Waals surface area contributed by atoms with Crippen molar-refractivity contribution >= 4 is 29.2 Å². The van der Waals surface area contributed by atoms with Gasteiger partial charge in [-0.15, -0.1) is 0 Å². The topological polar surface area (TPSA) is 74.3 Å². The summed E-state index contributed by atoms with van der Waals surface area (Å²) in [6.45, 7) is 1.30. The summed E-state index contributed by atoms with van der Waals surface area (Å²) in [6, 6.07) is 3.91. The van der Waals surface area contributed by atoms with Gasteiger partial charge in [0.15, 0.2) is 0 Å². The van der Waals surface area contributed by atoms with Crippen LogP contribution in [-0.4, -0.2) is 46.9 Å². The SMILES string of the molecule is O=C(Nc1ccc(Cl)cn1)C1CCN(C(=O)C2CC3CCCCC3N2)CC1. The summed E-state index contributed by atoms with van der Waals surface area (Å²) >= 11 is 5.82. The molecular formula is C20H27ClN4O2. The summed E-state index contributed by atoms with van der Waals surface area (Å²) < 4.78 is 0. The number of rotatable bonds is 3. The first-order valence-electron chi connectivity index (χ1n) is 10.1. The molecule has 146 valence electrons. The van der Waals surface area contributed by atoms with Crippen LogP contribution < -0.4 is 10.6 Å². The van der Waals surface area contributed by atoms with Crippen LogP contribution in [0.4, 0.5) is 5.82 Å². The molecule has 3 aliphatic rings. The molecule has 1 aromatic rings. The number of halogens is 1. The molecule has 3 atom stereocenters. The Bertz CT molecular complexity index is 674. The average molecular weight is 391 g/mol. The molecule has 2 aliphatic heterocycles. The molecule has 1 aromatic heterocycles. The molecule has 7 heteroatoms. The number of amides is 2. The number of likely N-dealkylation sites (tertiary alicyclic amines) is 1. The molecule has 3 heterocycles. The van der Waals surface area contributed by atoms with Gasteiger partial charge in [0.2, 0.25) is 11.8 Å². The second-order valence-corrected chi connectivity index (χ2v) is 8.49. The molecule has 27 heavy (non-hydrogen) atoms. The van der Waals surface area contributed by atoms with Crippen molar-refractivity contribution in [1.82, 2.24) is 15.2 Å². The number of anilines is 1. The molecule has 1 saturated carbocycles. The Morgan fingerprint density at radius 1 is 1.15 bits per heavy atom. The number of hydrogen-bond donors (Lipinski definition) is 2. The van der Waals surface area contributed by atoms with Crippen molar-refractivity contribution in [2.45, 2.75) is 57.0 Å². The first kappa shape index (κ1) is 18.7. The second-order valence-electron chi connectivity index (χ2n) is 8.06. The fourth-order valence-corrected chi connectivity index (χ4v) is 4.88. The van der Waals surface area contributed by atoms with E-state index in [-0.39, 0.29) is 23.8 Å². The minimum Gasteiger partial charge on any atom is -0.341 e. The Morgan fingerprint density at radius 2 is 1.93 bits per heavy atom. The van der Waals surface area contributed by atoms with Gasteiger partial charge in [-0.2, -0.15) is 0 Å². The van der Waals surface area contributed by atoms with Gasteiger partial charge >= 0.3 is 0 Å². The van der Waals surface area contributed by atoms with Crippen molar-refractivity contribution in [1.29, 1.82) is 0 Å². The predicted molar refractivity (Wildman–Crippen MR) is 104 cm³/mol. The monoisotopic (exact) mass is 390 g/mol.